The summed E-state index contributed by atoms with van der Waals surface area (Å²) in [5.74, 6) is -0.0383. The third-order valence-electron chi connectivity index (χ3n) is 3.05. The number of rotatable bonds is 5. The molecule has 0 unspecified atom stereocenters. The van der Waals surface area contributed by atoms with Crippen molar-refractivity contribution in [2.24, 2.45) is 5.73 Å². The van der Waals surface area contributed by atoms with Crippen molar-refractivity contribution in [3.8, 4) is 0 Å². The van der Waals surface area contributed by atoms with Crippen LogP contribution in [-0.2, 0) is 6.42 Å². The Balaban J connectivity index is 1.91. The van der Waals surface area contributed by atoms with Gasteiger partial charge in [-0.1, -0.05) is 6.07 Å². The molecule has 1 amide bonds. The van der Waals surface area contributed by atoms with Gasteiger partial charge in [-0.3, -0.25) is 4.79 Å². The highest BCUT2D eigenvalue weighted by Gasteiger charge is 2.02. The highest BCUT2D eigenvalue weighted by molar-refractivity contribution is 5.92. The minimum absolute atomic E-state index is 0.220. The van der Waals surface area contributed by atoms with E-state index in [0.29, 0.717) is 17.9 Å². The predicted molar refractivity (Wildman–Crippen MR) is 76.1 cm³/mol. The molecule has 0 saturated heterocycles. The van der Waals surface area contributed by atoms with Crippen LogP contribution in [0.1, 0.15) is 21.5 Å². The second kappa shape index (κ2) is 6.14. The number of primary amides is 1. The third kappa shape index (κ3) is 3.54. The lowest BCUT2D eigenvalue weighted by Gasteiger charge is -2.08. The first-order chi connectivity index (χ1) is 9.56. The second-order valence-electron chi connectivity index (χ2n) is 4.54. The van der Waals surface area contributed by atoms with Gasteiger partial charge < -0.3 is 11.1 Å². The third-order valence-corrected chi connectivity index (χ3v) is 3.05. The molecule has 0 bridgehead atoms. The fourth-order valence-corrected chi connectivity index (χ4v) is 1.91. The molecule has 0 fully saturated rings. The van der Waals surface area contributed by atoms with Crippen molar-refractivity contribution in [2.45, 2.75) is 13.3 Å². The lowest BCUT2D eigenvalue weighted by molar-refractivity contribution is 0.1000. The number of nitrogens with two attached hydrogens (primary N) is 1. The van der Waals surface area contributed by atoms with Gasteiger partial charge >= 0.3 is 0 Å². The number of nitrogens with one attached hydrogen (secondary N) is 1. The summed E-state index contributed by atoms with van der Waals surface area (Å²) < 4.78 is 13.0. The summed E-state index contributed by atoms with van der Waals surface area (Å²) in [6.07, 6.45) is 2.21. The van der Waals surface area contributed by atoms with Crippen LogP contribution in [0, 0.1) is 12.7 Å². The van der Waals surface area contributed by atoms with Crippen LogP contribution < -0.4 is 11.1 Å². The zero-order valence-corrected chi connectivity index (χ0v) is 11.2. The van der Waals surface area contributed by atoms with E-state index in [-0.39, 0.29) is 5.82 Å². The summed E-state index contributed by atoms with van der Waals surface area (Å²) in [5.41, 5.74) is 7.54. The quantitative estimate of drug-likeness (QED) is 0.878. The fourth-order valence-electron chi connectivity index (χ4n) is 1.91. The number of aromatic nitrogens is 1. The summed E-state index contributed by atoms with van der Waals surface area (Å²) in [6, 6.07) is 8.10. The Morgan fingerprint density at radius 1 is 1.35 bits per heavy atom. The first-order valence-corrected chi connectivity index (χ1v) is 6.31. The van der Waals surface area contributed by atoms with Crippen LogP contribution in [0.5, 0.6) is 0 Å². The van der Waals surface area contributed by atoms with Gasteiger partial charge in [0.15, 0.2) is 0 Å². The van der Waals surface area contributed by atoms with Crippen LogP contribution in [0.4, 0.5) is 10.2 Å². The molecule has 2 rings (SSSR count). The van der Waals surface area contributed by atoms with Gasteiger partial charge in [0.05, 0.1) is 5.56 Å². The number of nitrogens with zero attached hydrogens (tertiary/aromatic N) is 1. The largest absolute Gasteiger partial charge is 0.370 e. The molecule has 20 heavy (non-hydrogen) atoms. The molecule has 1 heterocycles. The minimum atomic E-state index is -0.494. The second-order valence-corrected chi connectivity index (χ2v) is 4.54. The van der Waals surface area contributed by atoms with E-state index in [1.807, 2.05) is 6.92 Å². The van der Waals surface area contributed by atoms with Crippen LogP contribution in [0.3, 0.4) is 0 Å². The van der Waals surface area contributed by atoms with Crippen LogP contribution in [-0.4, -0.2) is 17.4 Å². The zero-order valence-electron chi connectivity index (χ0n) is 11.2. The smallest absolute Gasteiger partial charge is 0.250 e. The van der Waals surface area contributed by atoms with Crippen LogP contribution in [0.15, 0.2) is 36.5 Å². The zero-order chi connectivity index (χ0) is 14.5. The molecule has 0 atom stereocenters. The molecule has 0 spiro atoms. The van der Waals surface area contributed by atoms with E-state index >= 15 is 0 Å². The lowest BCUT2D eigenvalue weighted by atomic mass is 10.1. The van der Waals surface area contributed by atoms with Gasteiger partial charge in [-0.15, -0.1) is 0 Å². The van der Waals surface area contributed by atoms with E-state index in [4.69, 9.17) is 5.73 Å². The maximum Gasteiger partial charge on any atom is 0.250 e. The molecule has 0 aliphatic carbocycles. The number of anilines is 1. The number of carbonyl (C=O) groups is 1. The van der Waals surface area contributed by atoms with Gasteiger partial charge in [0, 0.05) is 12.7 Å². The molecule has 0 aliphatic rings. The monoisotopic (exact) mass is 273 g/mol. The van der Waals surface area contributed by atoms with Gasteiger partial charge in [0.1, 0.15) is 11.6 Å². The SMILES string of the molecule is Cc1cc(F)ccc1CCNc1ccc(C(N)=O)cn1. The molecule has 0 radical (unpaired) electrons. The normalized spacial score (nSPS) is 10.3. The van der Waals surface area contributed by atoms with Crippen molar-refractivity contribution in [3.05, 3.63) is 59.0 Å². The van der Waals surface area contributed by atoms with Crippen molar-refractivity contribution in [2.75, 3.05) is 11.9 Å². The van der Waals surface area contributed by atoms with Crippen molar-refractivity contribution < 1.29 is 9.18 Å². The summed E-state index contributed by atoms with van der Waals surface area (Å²) in [5, 5.41) is 3.14. The fraction of sp³-hybridized carbons (Fsp3) is 0.200. The Kier molecular flexibility index (Phi) is 4.30. The van der Waals surface area contributed by atoms with Crippen molar-refractivity contribution in [1.82, 2.24) is 4.98 Å². The molecular formula is C15H16FN3O. The summed E-state index contributed by atoms with van der Waals surface area (Å²) in [7, 11) is 0. The van der Waals surface area contributed by atoms with Gasteiger partial charge in [0.2, 0.25) is 5.91 Å². The number of hydrogen-bond donors (Lipinski definition) is 2. The first-order valence-electron chi connectivity index (χ1n) is 6.31. The van der Waals surface area contributed by atoms with Crippen LogP contribution in [0.2, 0.25) is 0 Å². The molecule has 1 aromatic carbocycles. The van der Waals surface area contributed by atoms with Crippen molar-refractivity contribution in [3.63, 3.8) is 0 Å². The topological polar surface area (TPSA) is 68.0 Å². The van der Waals surface area contributed by atoms with Gasteiger partial charge in [-0.05, 0) is 48.7 Å². The molecule has 0 saturated carbocycles. The Bertz CT molecular complexity index is 611. The number of hydrogen-bond acceptors (Lipinski definition) is 3. The minimum Gasteiger partial charge on any atom is -0.370 e. The van der Waals surface area contributed by atoms with Gasteiger partial charge in [-0.25, -0.2) is 9.37 Å². The van der Waals surface area contributed by atoms with Gasteiger partial charge in [-0.2, -0.15) is 0 Å². The molecular weight excluding hydrogens is 257 g/mol. The molecule has 0 aliphatic heterocycles. The Morgan fingerprint density at radius 2 is 2.15 bits per heavy atom. The number of aryl methyl sites for hydroxylation is 1. The van der Waals surface area contributed by atoms with Crippen molar-refractivity contribution in [1.29, 1.82) is 0 Å². The average Bonchev–Trinajstić information content (AvgIpc) is 2.42. The highest BCUT2D eigenvalue weighted by atomic mass is 19.1. The Hall–Kier alpha value is -2.43. The molecule has 4 nitrogen and oxygen atoms in total. The van der Waals surface area contributed by atoms with Crippen LogP contribution in [0.25, 0.3) is 0 Å². The van der Waals surface area contributed by atoms with E-state index in [1.54, 1.807) is 18.2 Å². The number of halogens is 1. The summed E-state index contributed by atoms with van der Waals surface area (Å²) in [4.78, 5) is 15.0. The number of carbonyl (C=O) groups excluding carboxylic acids is 1. The maximum absolute atomic E-state index is 13.0. The van der Waals surface area contributed by atoms with E-state index in [9.17, 15) is 9.18 Å². The Morgan fingerprint density at radius 3 is 2.75 bits per heavy atom. The number of pyridine rings is 1. The first kappa shape index (κ1) is 14.0. The summed E-state index contributed by atoms with van der Waals surface area (Å²) in [6.45, 7) is 2.56. The van der Waals surface area contributed by atoms with E-state index in [0.717, 1.165) is 17.5 Å². The highest BCUT2D eigenvalue weighted by Crippen LogP contribution is 2.11. The van der Waals surface area contributed by atoms with E-state index in [1.165, 1.54) is 18.3 Å². The van der Waals surface area contributed by atoms with E-state index in [2.05, 4.69) is 10.3 Å². The lowest BCUT2D eigenvalue weighted by Crippen LogP contribution is -2.12. The average molecular weight is 273 g/mol. The number of amides is 1. The molecule has 1 aromatic heterocycles. The molecule has 2 aromatic rings. The maximum atomic E-state index is 13.0. The molecule has 5 heteroatoms. The van der Waals surface area contributed by atoms with Crippen molar-refractivity contribution >= 4 is 11.7 Å². The number of benzene rings is 1. The Labute approximate surface area is 116 Å². The standard InChI is InChI=1S/C15H16FN3O/c1-10-8-13(16)4-2-11(10)6-7-18-14-5-3-12(9-19-14)15(17)20/h2-5,8-9H,6-7H2,1H3,(H2,17,20)(H,18,19). The summed E-state index contributed by atoms with van der Waals surface area (Å²) >= 11 is 0. The van der Waals surface area contributed by atoms with Gasteiger partial charge in [0.25, 0.3) is 0 Å². The molecule has 104 valence electrons. The van der Waals surface area contributed by atoms with E-state index < -0.39 is 5.91 Å². The molecule has 3 N–H and O–H groups in total. The predicted octanol–water partition coefficient (Wildman–Crippen LogP) is 2.28. The van der Waals surface area contributed by atoms with Crippen LogP contribution >= 0.6 is 0 Å².